The van der Waals surface area contributed by atoms with Crippen molar-refractivity contribution < 1.29 is 18.0 Å². The van der Waals surface area contributed by atoms with Gasteiger partial charge in [0.1, 0.15) is 0 Å². The van der Waals surface area contributed by atoms with Crippen molar-refractivity contribution in [3.05, 3.63) is 22.8 Å². The van der Waals surface area contributed by atoms with Crippen molar-refractivity contribution in [2.24, 2.45) is 0 Å². The van der Waals surface area contributed by atoms with Gasteiger partial charge in [-0.25, -0.2) is 9.50 Å². The molecule has 1 saturated heterocycles. The van der Waals surface area contributed by atoms with E-state index in [2.05, 4.69) is 25.3 Å². The zero-order valence-electron chi connectivity index (χ0n) is 16.1. The molecule has 0 atom stereocenters. The van der Waals surface area contributed by atoms with Gasteiger partial charge in [-0.3, -0.25) is 4.79 Å². The summed E-state index contributed by atoms with van der Waals surface area (Å²) in [4.78, 5) is 22.2. The van der Waals surface area contributed by atoms with Gasteiger partial charge < -0.3 is 10.2 Å². The molecule has 0 spiro atoms. The Hall–Kier alpha value is -2.23. The maximum atomic E-state index is 12.8. The number of carbonyl (C=O) groups is 1. The standard InChI is InChI=1S/C18H25F3N6O/c1-12-14(11-15(28)22-7-6-10-26-8-4-3-5-9-26)13(2)27-17(23-12)24-16(25-27)18(19,20)21/h3-11H2,1-2H3,(H,22,28). The zero-order valence-corrected chi connectivity index (χ0v) is 16.1. The smallest absolute Gasteiger partial charge is 0.356 e. The molecule has 2 aromatic rings. The van der Waals surface area contributed by atoms with E-state index in [0.717, 1.165) is 30.6 Å². The number of fused-ring (bicyclic) bond motifs is 1. The summed E-state index contributed by atoms with van der Waals surface area (Å²) in [6, 6.07) is 0. The van der Waals surface area contributed by atoms with E-state index in [-0.39, 0.29) is 18.1 Å². The molecule has 0 bridgehead atoms. The Balaban J connectivity index is 1.60. The predicted molar refractivity (Wildman–Crippen MR) is 96.9 cm³/mol. The van der Waals surface area contributed by atoms with Crippen molar-refractivity contribution in [1.82, 2.24) is 29.8 Å². The second-order valence-corrected chi connectivity index (χ2v) is 7.19. The first-order chi connectivity index (χ1) is 13.3. The first-order valence-electron chi connectivity index (χ1n) is 9.55. The number of rotatable bonds is 6. The summed E-state index contributed by atoms with van der Waals surface area (Å²) in [5.74, 6) is -1.53. The van der Waals surface area contributed by atoms with Gasteiger partial charge in [0, 0.05) is 23.5 Å². The van der Waals surface area contributed by atoms with E-state index in [9.17, 15) is 18.0 Å². The van der Waals surface area contributed by atoms with Crippen LogP contribution in [0, 0.1) is 13.8 Å². The number of nitrogens with one attached hydrogen (secondary N) is 1. The molecule has 1 N–H and O–H groups in total. The summed E-state index contributed by atoms with van der Waals surface area (Å²) in [5.41, 5.74) is 1.49. The third-order valence-corrected chi connectivity index (χ3v) is 5.06. The Kier molecular flexibility index (Phi) is 6.17. The lowest BCUT2D eigenvalue weighted by Gasteiger charge is -2.26. The molecule has 1 amide bonds. The topological polar surface area (TPSA) is 75.4 Å². The van der Waals surface area contributed by atoms with Gasteiger partial charge >= 0.3 is 6.18 Å². The lowest BCUT2D eigenvalue weighted by molar-refractivity contribution is -0.144. The highest BCUT2D eigenvalue weighted by Gasteiger charge is 2.37. The molecule has 0 aromatic carbocycles. The summed E-state index contributed by atoms with van der Waals surface area (Å²) in [5, 5.41) is 6.38. The number of nitrogens with zero attached hydrogens (tertiary/aromatic N) is 5. The Bertz CT molecular complexity index is 842. The number of hydrogen-bond donors (Lipinski definition) is 1. The molecule has 10 heteroatoms. The van der Waals surface area contributed by atoms with E-state index < -0.39 is 12.0 Å². The largest absolute Gasteiger partial charge is 0.453 e. The van der Waals surface area contributed by atoms with E-state index >= 15 is 0 Å². The number of carbonyl (C=O) groups excluding carboxylic acids is 1. The van der Waals surface area contributed by atoms with Crippen LogP contribution < -0.4 is 5.32 Å². The molecule has 2 aromatic heterocycles. The molecule has 1 aliphatic rings. The van der Waals surface area contributed by atoms with Gasteiger partial charge in [-0.15, -0.1) is 5.10 Å². The predicted octanol–water partition coefficient (Wildman–Crippen LogP) is 2.29. The zero-order chi connectivity index (χ0) is 20.3. The first kappa shape index (κ1) is 20.5. The summed E-state index contributed by atoms with van der Waals surface area (Å²) >= 11 is 0. The Labute approximate surface area is 161 Å². The molecule has 3 rings (SSSR count). The molecule has 28 heavy (non-hydrogen) atoms. The summed E-state index contributed by atoms with van der Waals surface area (Å²) < 4.78 is 39.6. The number of aryl methyl sites for hydroxylation is 2. The van der Waals surface area contributed by atoms with Crippen LogP contribution in [0.5, 0.6) is 0 Å². The maximum absolute atomic E-state index is 12.8. The minimum absolute atomic E-state index is 0.0472. The summed E-state index contributed by atoms with van der Waals surface area (Å²) in [6.45, 7) is 7.06. The summed E-state index contributed by atoms with van der Waals surface area (Å²) in [7, 11) is 0. The molecular formula is C18H25F3N6O. The van der Waals surface area contributed by atoms with Crippen LogP contribution in [0.1, 0.15) is 48.5 Å². The third-order valence-electron chi connectivity index (χ3n) is 5.06. The van der Waals surface area contributed by atoms with Crippen LogP contribution in [0.4, 0.5) is 13.2 Å². The molecule has 0 radical (unpaired) electrons. The van der Waals surface area contributed by atoms with Crippen LogP contribution in [0.2, 0.25) is 0 Å². The minimum Gasteiger partial charge on any atom is -0.356 e. The van der Waals surface area contributed by atoms with Crippen molar-refractivity contribution in [3.63, 3.8) is 0 Å². The molecule has 7 nitrogen and oxygen atoms in total. The van der Waals surface area contributed by atoms with E-state index in [1.54, 1.807) is 13.8 Å². The number of hydrogen-bond acceptors (Lipinski definition) is 5. The van der Waals surface area contributed by atoms with Crippen molar-refractivity contribution in [1.29, 1.82) is 0 Å². The van der Waals surface area contributed by atoms with Crippen LogP contribution >= 0.6 is 0 Å². The van der Waals surface area contributed by atoms with Crippen molar-refractivity contribution in [2.75, 3.05) is 26.2 Å². The highest BCUT2D eigenvalue weighted by atomic mass is 19.4. The molecule has 3 heterocycles. The Morgan fingerprint density at radius 2 is 1.86 bits per heavy atom. The molecule has 1 fully saturated rings. The molecule has 0 unspecified atom stereocenters. The van der Waals surface area contributed by atoms with Crippen LogP contribution in [0.25, 0.3) is 5.78 Å². The minimum atomic E-state index is -4.64. The average Bonchev–Trinajstić information content (AvgIpc) is 3.08. The van der Waals surface area contributed by atoms with Gasteiger partial charge in [0.05, 0.1) is 6.42 Å². The quantitative estimate of drug-likeness (QED) is 0.756. The number of alkyl halides is 3. The average molecular weight is 398 g/mol. The van der Waals surface area contributed by atoms with Crippen LogP contribution in [-0.4, -0.2) is 56.6 Å². The second-order valence-electron chi connectivity index (χ2n) is 7.19. The highest BCUT2D eigenvalue weighted by Crippen LogP contribution is 2.27. The van der Waals surface area contributed by atoms with Crippen LogP contribution in [-0.2, 0) is 17.4 Å². The molecule has 0 aliphatic carbocycles. The van der Waals surface area contributed by atoms with Crippen molar-refractivity contribution in [3.8, 4) is 0 Å². The van der Waals surface area contributed by atoms with E-state index in [4.69, 9.17) is 0 Å². The Morgan fingerprint density at radius 3 is 2.54 bits per heavy atom. The monoisotopic (exact) mass is 398 g/mol. The number of piperidine rings is 1. The fourth-order valence-electron chi connectivity index (χ4n) is 3.52. The van der Waals surface area contributed by atoms with Gasteiger partial charge in [0.25, 0.3) is 11.6 Å². The van der Waals surface area contributed by atoms with Gasteiger partial charge in [-0.05, 0) is 52.7 Å². The van der Waals surface area contributed by atoms with E-state index in [1.807, 2.05) is 0 Å². The second kappa shape index (κ2) is 8.42. The fourth-order valence-corrected chi connectivity index (χ4v) is 3.52. The van der Waals surface area contributed by atoms with Crippen molar-refractivity contribution >= 4 is 11.7 Å². The van der Waals surface area contributed by atoms with Gasteiger partial charge in [-0.1, -0.05) is 6.42 Å². The molecule has 1 aliphatic heterocycles. The lowest BCUT2D eigenvalue weighted by atomic mass is 10.1. The number of halogens is 3. The number of amides is 1. The summed E-state index contributed by atoms with van der Waals surface area (Å²) in [6.07, 6.45) is 0.0441. The van der Waals surface area contributed by atoms with Gasteiger partial charge in [0.15, 0.2) is 0 Å². The molecule has 154 valence electrons. The first-order valence-corrected chi connectivity index (χ1v) is 9.55. The third kappa shape index (κ3) is 4.78. The van der Waals surface area contributed by atoms with Crippen LogP contribution in [0.15, 0.2) is 0 Å². The number of likely N-dealkylation sites (tertiary alicyclic amines) is 1. The van der Waals surface area contributed by atoms with Gasteiger partial charge in [0.2, 0.25) is 5.91 Å². The molecule has 0 saturated carbocycles. The van der Waals surface area contributed by atoms with Crippen molar-refractivity contribution in [2.45, 2.75) is 52.1 Å². The maximum Gasteiger partial charge on any atom is 0.453 e. The SMILES string of the molecule is Cc1nc2nc(C(F)(F)F)nn2c(C)c1CC(=O)NCCCN1CCCCC1. The number of aromatic nitrogens is 4. The lowest BCUT2D eigenvalue weighted by Crippen LogP contribution is -2.33. The fraction of sp³-hybridized carbons (Fsp3) is 0.667. The highest BCUT2D eigenvalue weighted by molar-refractivity contribution is 5.79. The van der Waals surface area contributed by atoms with E-state index in [1.165, 1.54) is 19.3 Å². The van der Waals surface area contributed by atoms with Crippen LogP contribution in [0.3, 0.4) is 0 Å². The normalized spacial score (nSPS) is 15.9. The Morgan fingerprint density at radius 1 is 1.14 bits per heavy atom. The van der Waals surface area contributed by atoms with E-state index in [0.29, 0.717) is 23.5 Å². The van der Waals surface area contributed by atoms with Gasteiger partial charge in [-0.2, -0.15) is 18.2 Å². The molecular weight excluding hydrogens is 373 g/mol.